The predicted octanol–water partition coefficient (Wildman–Crippen LogP) is 2.78. The highest BCUT2D eigenvalue weighted by atomic mass is 32.1. The van der Waals surface area contributed by atoms with E-state index >= 15 is 0 Å². The fourth-order valence-corrected chi connectivity index (χ4v) is 3.68. The maximum Gasteiger partial charge on any atom is 0.0945 e. The molecule has 112 valence electrons. The van der Waals surface area contributed by atoms with E-state index in [1.165, 1.54) is 47.4 Å². The summed E-state index contributed by atoms with van der Waals surface area (Å²) in [6.45, 7) is 2.52. The maximum absolute atomic E-state index is 5.47. The minimum atomic E-state index is 0.693. The van der Waals surface area contributed by atoms with Crippen LogP contribution in [0.5, 0.6) is 0 Å². The van der Waals surface area contributed by atoms with Gasteiger partial charge in [0.25, 0.3) is 0 Å². The van der Waals surface area contributed by atoms with Gasteiger partial charge in [-0.15, -0.1) is 11.3 Å². The van der Waals surface area contributed by atoms with Crippen LogP contribution in [0.1, 0.15) is 29.0 Å². The zero-order chi connectivity index (χ0) is 14.5. The highest BCUT2D eigenvalue weighted by Gasteiger charge is 2.11. The molecule has 1 aromatic heterocycles. The molecular weight excluding hydrogens is 278 g/mol. The summed E-state index contributed by atoms with van der Waals surface area (Å²) in [7, 11) is 0. The molecule has 1 aliphatic carbocycles. The second-order valence-electron chi connectivity index (χ2n) is 5.61. The Labute approximate surface area is 130 Å². The Kier molecular flexibility index (Phi) is 5.01. The van der Waals surface area contributed by atoms with E-state index in [0.29, 0.717) is 6.54 Å². The molecule has 4 heteroatoms. The Bertz CT molecular complexity index is 591. The highest BCUT2D eigenvalue weighted by Crippen LogP contribution is 2.28. The monoisotopic (exact) mass is 301 g/mol. The molecule has 0 saturated heterocycles. The van der Waals surface area contributed by atoms with Gasteiger partial charge in [-0.25, -0.2) is 4.98 Å². The van der Waals surface area contributed by atoms with Crippen molar-refractivity contribution in [3.63, 3.8) is 0 Å². The minimum absolute atomic E-state index is 0.693. The van der Waals surface area contributed by atoms with Crippen molar-refractivity contribution < 1.29 is 0 Å². The molecule has 2 aromatic rings. The third-order valence-electron chi connectivity index (χ3n) is 4.03. The van der Waals surface area contributed by atoms with Crippen molar-refractivity contribution in [1.82, 2.24) is 10.3 Å². The van der Waals surface area contributed by atoms with Gasteiger partial charge in [-0.2, -0.15) is 0 Å². The molecule has 0 amide bonds. The average Bonchev–Trinajstić information content (AvgIpc) is 3.00. The van der Waals surface area contributed by atoms with Crippen molar-refractivity contribution in [2.75, 3.05) is 19.6 Å². The summed E-state index contributed by atoms with van der Waals surface area (Å²) in [5, 5.41) is 6.70. The van der Waals surface area contributed by atoms with E-state index in [1.54, 1.807) is 11.3 Å². The number of aromatic nitrogens is 1. The Balaban J connectivity index is 1.68. The van der Waals surface area contributed by atoms with Crippen molar-refractivity contribution in [1.29, 1.82) is 0 Å². The first-order valence-corrected chi connectivity index (χ1v) is 8.72. The number of nitrogens with one attached hydrogen (secondary N) is 1. The summed E-state index contributed by atoms with van der Waals surface area (Å²) in [5.74, 6) is 0. The van der Waals surface area contributed by atoms with Crippen molar-refractivity contribution in [2.24, 2.45) is 5.73 Å². The topological polar surface area (TPSA) is 50.9 Å². The minimum Gasteiger partial charge on any atom is -0.329 e. The molecule has 1 heterocycles. The third-order valence-corrected chi connectivity index (χ3v) is 4.94. The van der Waals surface area contributed by atoms with Gasteiger partial charge in [0.2, 0.25) is 0 Å². The van der Waals surface area contributed by atoms with Crippen LogP contribution >= 0.6 is 11.3 Å². The van der Waals surface area contributed by atoms with E-state index < -0.39 is 0 Å². The molecule has 0 spiro atoms. The standard InChI is InChI=1S/C17H23N3S/c18-8-10-19-9-7-17-20-16(12-21-17)15-6-5-13-3-1-2-4-14(13)11-15/h5-6,11-12,19H,1-4,7-10,18H2. The lowest BCUT2D eigenvalue weighted by molar-refractivity contribution is 0.685. The van der Waals surface area contributed by atoms with Gasteiger partial charge in [0, 0.05) is 37.0 Å². The van der Waals surface area contributed by atoms with Crippen LogP contribution in [-0.2, 0) is 19.3 Å². The predicted molar refractivity (Wildman–Crippen MR) is 89.8 cm³/mol. The molecule has 0 atom stereocenters. The van der Waals surface area contributed by atoms with Gasteiger partial charge >= 0.3 is 0 Å². The number of fused-ring (bicyclic) bond motifs is 1. The Morgan fingerprint density at radius 3 is 2.86 bits per heavy atom. The molecule has 0 bridgehead atoms. The normalized spacial score (nSPS) is 14.1. The molecule has 1 aliphatic rings. The van der Waals surface area contributed by atoms with E-state index in [2.05, 4.69) is 28.9 Å². The Morgan fingerprint density at radius 1 is 1.14 bits per heavy atom. The second kappa shape index (κ2) is 7.16. The summed E-state index contributed by atoms with van der Waals surface area (Å²) in [6.07, 6.45) is 6.11. The molecule has 21 heavy (non-hydrogen) atoms. The van der Waals surface area contributed by atoms with Gasteiger partial charge in [0.05, 0.1) is 10.7 Å². The van der Waals surface area contributed by atoms with Crippen LogP contribution in [0, 0.1) is 0 Å². The molecule has 3 rings (SSSR count). The molecule has 0 unspecified atom stereocenters. The van der Waals surface area contributed by atoms with E-state index in [0.717, 1.165) is 25.2 Å². The smallest absolute Gasteiger partial charge is 0.0945 e. The largest absolute Gasteiger partial charge is 0.329 e. The number of hydrogen-bond acceptors (Lipinski definition) is 4. The number of thiazole rings is 1. The van der Waals surface area contributed by atoms with Gasteiger partial charge in [-0.1, -0.05) is 12.1 Å². The van der Waals surface area contributed by atoms with Crippen molar-refractivity contribution in [2.45, 2.75) is 32.1 Å². The van der Waals surface area contributed by atoms with Crippen LogP contribution in [0.4, 0.5) is 0 Å². The lowest BCUT2D eigenvalue weighted by Gasteiger charge is -2.16. The molecule has 1 aromatic carbocycles. The van der Waals surface area contributed by atoms with Gasteiger partial charge in [0.15, 0.2) is 0 Å². The number of benzene rings is 1. The first-order valence-electron chi connectivity index (χ1n) is 7.84. The van der Waals surface area contributed by atoms with Gasteiger partial charge < -0.3 is 11.1 Å². The number of nitrogens with zero attached hydrogens (tertiary/aromatic N) is 1. The molecule has 0 radical (unpaired) electrons. The van der Waals surface area contributed by atoms with E-state index in [4.69, 9.17) is 10.7 Å². The second-order valence-corrected chi connectivity index (χ2v) is 6.55. The van der Waals surface area contributed by atoms with E-state index in [1.807, 2.05) is 0 Å². The number of rotatable bonds is 6. The van der Waals surface area contributed by atoms with Gasteiger partial charge in [-0.05, 0) is 42.9 Å². The van der Waals surface area contributed by atoms with E-state index in [-0.39, 0.29) is 0 Å². The molecule has 0 saturated carbocycles. The van der Waals surface area contributed by atoms with E-state index in [9.17, 15) is 0 Å². The zero-order valence-corrected chi connectivity index (χ0v) is 13.2. The Morgan fingerprint density at radius 2 is 2.00 bits per heavy atom. The van der Waals surface area contributed by atoms with Gasteiger partial charge in [-0.3, -0.25) is 0 Å². The van der Waals surface area contributed by atoms with Crippen LogP contribution in [0.15, 0.2) is 23.6 Å². The highest BCUT2D eigenvalue weighted by molar-refractivity contribution is 7.09. The fourth-order valence-electron chi connectivity index (χ4n) is 2.87. The van der Waals surface area contributed by atoms with Crippen molar-refractivity contribution in [3.05, 3.63) is 39.7 Å². The lowest BCUT2D eigenvalue weighted by Crippen LogP contribution is -2.24. The first kappa shape index (κ1) is 14.7. The lowest BCUT2D eigenvalue weighted by atomic mass is 9.90. The average molecular weight is 301 g/mol. The van der Waals surface area contributed by atoms with Crippen LogP contribution in [0.25, 0.3) is 11.3 Å². The quantitative estimate of drug-likeness (QED) is 0.807. The maximum atomic E-state index is 5.47. The van der Waals surface area contributed by atoms with Crippen LogP contribution in [0.2, 0.25) is 0 Å². The molecule has 3 N–H and O–H groups in total. The fraction of sp³-hybridized carbons (Fsp3) is 0.471. The number of aryl methyl sites for hydroxylation is 2. The zero-order valence-electron chi connectivity index (χ0n) is 12.4. The molecule has 0 aliphatic heterocycles. The third kappa shape index (κ3) is 3.70. The van der Waals surface area contributed by atoms with Gasteiger partial charge in [0.1, 0.15) is 0 Å². The van der Waals surface area contributed by atoms with Crippen molar-refractivity contribution >= 4 is 11.3 Å². The summed E-state index contributed by atoms with van der Waals surface area (Å²) < 4.78 is 0. The SMILES string of the molecule is NCCNCCc1nc(-c2ccc3c(c2)CCCC3)cs1. The number of hydrogen-bond donors (Lipinski definition) is 2. The Hall–Kier alpha value is -1.23. The summed E-state index contributed by atoms with van der Waals surface area (Å²) >= 11 is 1.76. The van der Waals surface area contributed by atoms with Crippen LogP contribution in [-0.4, -0.2) is 24.6 Å². The van der Waals surface area contributed by atoms with Crippen LogP contribution in [0.3, 0.4) is 0 Å². The van der Waals surface area contributed by atoms with Crippen molar-refractivity contribution in [3.8, 4) is 11.3 Å². The number of nitrogens with two attached hydrogens (primary N) is 1. The molecule has 3 nitrogen and oxygen atoms in total. The summed E-state index contributed by atoms with van der Waals surface area (Å²) in [5.41, 5.74) is 10.9. The van der Waals surface area contributed by atoms with Crippen LogP contribution < -0.4 is 11.1 Å². The summed E-state index contributed by atoms with van der Waals surface area (Å²) in [6, 6.07) is 6.88. The molecular formula is C17H23N3S. The molecule has 0 fully saturated rings. The summed E-state index contributed by atoms with van der Waals surface area (Å²) in [4.78, 5) is 4.77. The first-order chi connectivity index (χ1) is 10.4.